The molecule has 3 rings (SSSR count). The maximum Gasteiger partial charge on any atom is 0.258 e. The summed E-state index contributed by atoms with van der Waals surface area (Å²) in [5.41, 5.74) is 0.0159. The Morgan fingerprint density at radius 3 is 2.48 bits per heavy atom. The van der Waals surface area contributed by atoms with Crippen LogP contribution in [-0.4, -0.2) is 47.6 Å². The standard InChI is InChI=1S/C23H34N2O4/c1-5-25(6-2)21(27)23(13-8-7-9-14-23)24-19(26)16-28-18-12-10-11-17-15-22(3,4)29-20(17)18/h10-12H,5-9,13-16H2,1-4H3,(H,24,26). The number of carbonyl (C=O) groups excluding carboxylic acids is 2. The number of amides is 2. The van der Waals surface area contributed by atoms with Crippen molar-refractivity contribution in [2.75, 3.05) is 19.7 Å². The van der Waals surface area contributed by atoms with E-state index in [1.54, 1.807) is 0 Å². The third-order valence-electron chi connectivity index (χ3n) is 5.96. The summed E-state index contributed by atoms with van der Waals surface area (Å²) in [6.45, 7) is 9.18. The second-order valence-corrected chi connectivity index (χ2v) is 8.74. The number of nitrogens with one attached hydrogen (secondary N) is 1. The number of hydrogen-bond donors (Lipinski definition) is 1. The van der Waals surface area contributed by atoms with Gasteiger partial charge in [0.05, 0.1) is 0 Å². The molecule has 0 atom stereocenters. The topological polar surface area (TPSA) is 67.9 Å². The van der Waals surface area contributed by atoms with Crippen molar-refractivity contribution in [1.29, 1.82) is 0 Å². The van der Waals surface area contributed by atoms with Crippen molar-refractivity contribution in [3.63, 3.8) is 0 Å². The average Bonchev–Trinajstić information content (AvgIpc) is 3.02. The average molecular weight is 403 g/mol. The van der Waals surface area contributed by atoms with Gasteiger partial charge < -0.3 is 19.7 Å². The third kappa shape index (κ3) is 4.68. The van der Waals surface area contributed by atoms with Gasteiger partial charge >= 0.3 is 0 Å². The van der Waals surface area contributed by atoms with Crippen molar-refractivity contribution in [3.8, 4) is 11.5 Å². The van der Waals surface area contributed by atoms with Gasteiger partial charge in [-0.05, 0) is 46.6 Å². The van der Waals surface area contributed by atoms with E-state index in [1.165, 1.54) is 0 Å². The van der Waals surface area contributed by atoms with Gasteiger partial charge in [0, 0.05) is 25.1 Å². The molecule has 0 aromatic heterocycles. The normalized spacial score (nSPS) is 19.0. The first-order valence-electron chi connectivity index (χ1n) is 10.8. The molecule has 1 saturated carbocycles. The van der Waals surface area contributed by atoms with Crippen LogP contribution in [0.25, 0.3) is 0 Å². The fourth-order valence-corrected chi connectivity index (χ4v) is 4.51. The zero-order valence-corrected chi connectivity index (χ0v) is 18.2. The monoisotopic (exact) mass is 402 g/mol. The van der Waals surface area contributed by atoms with Crippen LogP contribution in [0.2, 0.25) is 0 Å². The number of hydrogen-bond acceptors (Lipinski definition) is 4. The van der Waals surface area contributed by atoms with E-state index in [2.05, 4.69) is 5.32 Å². The zero-order chi connectivity index (χ0) is 21.1. The van der Waals surface area contributed by atoms with E-state index in [0.717, 1.165) is 37.0 Å². The minimum absolute atomic E-state index is 0.0289. The second-order valence-electron chi connectivity index (χ2n) is 8.74. The Balaban J connectivity index is 1.68. The summed E-state index contributed by atoms with van der Waals surface area (Å²) in [7, 11) is 0. The molecule has 1 N–H and O–H groups in total. The molecule has 160 valence electrons. The predicted octanol–water partition coefficient (Wildman–Crippen LogP) is 3.47. The molecule has 1 fully saturated rings. The lowest BCUT2D eigenvalue weighted by Gasteiger charge is -2.40. The Hall–Kier alpha value is -2.24. The number of nitrogens with zero attached hydrogens (tertiary/aromatic N) is 1. The number of ether oxygens (including phenoxy) is 2. The minimum Gasteiger partial charge on any atom is -0.483 e. The molecule has 0 spiro atoms. The number of rotatable bonds is 7. The third-order valence-corrected chi connectivity index (χ3v) is 5.96. The molecule has 29 heavy (non-hydrogen) atoms. The van der Waals surface area contributed by atoms with Gasteiger partial charge in [0.2, 0.25) is 5.91 Å². The molecule has 1 aromatic rings. The number of para-hydroxylation sites is 1. The van der Waals surface area contributed by atoms with E-state index in [-0.39, 0.29) is 24.0 Å². The van der Waals surface area contributed by atoms with Crippen LogP contribution in [-0.2, 0) is 16.0 Å². The highest BCUT2D eigenvalue weighted by molar-refractivity contribution is 5.92. The van der Waals surface area contributed by atoms with Gasteiger partial charge in [0.25, 0.3) is 5.91 Å². The highest BCUT2D eigenvalue weighted by atomic mass is 16.5. The van der Waals surface area contributed by atoms with Gasteiger partial charge in [-0.3, -0.25) is 9.59 Å². The Morgan fingerprint density at radius 2 is 1.83 bits per heavy atom. The first-order valence-corrected chi connectivity index (χ1v) is 10.8. The quantitative estimate of drug-likeness (QED) is 0.758. The minimum atomic E-state index is -0.804. The SMILES string of the molecule is CCN(CC)C(=O)C1(NC(=O)COc2cccc3c2OC(C)(C)C3)CCCCC1. The molecule has 1 aliphatic carbocycles. The predicted molar refractivity (Wildman–Crippen MR) is 112 cm³/mol. The van der Waals surface area contributed by atoms with E-state index < -0.39 is 5.54 Å². The van der Waals surface area contributed by atoms with E-state index in [4.69, 9.17) is 9.47 Å². The fourth-order valence-electron chi connectivity index (χ4n) is 4.51. The number of fused-ring (bicyclic) bond motifs is 1. The Labute approximate surface area is 173 Å². The van der Waals surface area contributed by atoms with Crippen LogP contribution in [0.3, 0.4) is 0 Å². The lowest BCUT2D eigenvalue weighted by atomic mass is 9.80. The molecule has 1 aliphatic heterocycles. The van der Waals surface area contributed by atoms with Crippen LogP contribution in [0, 0.1) is 0 Å². The molecular formula is C23H34N2O4. The summed E-state index contributed by atoms with van der Waals surface area (Å²) >= 11 is 0. The van der Waals surface area contributed by atoms with Crippen LogP contribution >= 0.6 is 0 Å². The highest BCUT2D eigenvalue weighted by Gasteiger charge is 2.42. The number of benzene rings is 1. The lowest BCUT2D eigenvalue weighted by Crippen LogP contribution is -2.61. The first-order chi connectivity index (χ1) is 13.8. The zero-order valence-electron chi connectivity index (χ0n) is 18.2. The summed E-state index contributed by atoms with van der Waals surface area (Å²) in [6.07, 6.45) is 5.18. The van der Waals surface area contributed by atoms with Crippen LogP contribution in [0.15, 0.2) is 18.2 Å². The smallest absolute Gasteiger partial charge is 0.258 e. The number of carbonyl (C=O) groups is 2. The Morgan fingerprint density at radius 1 is 1.14 bits per heavy atom. The van der Waals surface area contributed by atoms with Crippen molar-refractivity contribution >= 4 is 11.8 Å². The first kappa shape index (κ1) is 21.5. The maximum atomic E-state index is 13.2. The Bertz CT molecular complexity index is 749. The van der Waals surface area contributed by atoms with Crippen molar-refractivity contribution in [1.82, 2.24) is 10.2 Å². The molecule has 0 saturated heterocycles. The molecule has 0 radical (unpaired) electrons. The van der Waals surface area contributed by atoms with Crippen LogP contribution < -0.4 is 14.8 Å². The van der Waals surface area contributed by atoms with Crippen molar-refractivity contribution in [2.45, 2.75) is 77.4 Å². The van der Waals surface area contributed by atoms with E-state index >= 15 is 0 Å². The van der Waals surface area contributed by atoms with Crippen molar-refractivity contribution in [3.05, 3.63) is 23.8 Å². The van der Waals surface area contributed by atoms with E-state index in [9.17, 15) is 9.59 Å². The van der Waals surface area contributed by atoms with Crippen LogP contribution in [0.4, 0.5) is 0 Å². The Kier molecular flexibility index (Phi) is 6.39. The van der Waals surface area contributed by atoms with Crippen molar-refractivity contribution in [2.24, 2.45) is 0 Å². The molecule has 0 bridgehead atoms. The summed E-state index contributed by atoms with van der Waals surface area (Å²) in [4.78, 5) is 27.8. The number of likely N-dealkylation sites (N-methyl/N-ethyl adjacent to an activating group) is 1. The fraction of sp³-hybridized carbons (Fsp3) is 0.652. The molecule has 2 aliphatic rings. The van der Waals surface area contributed by atoms with Gasteiger partial charge in [-0.2, -0.15) is 0 Å². The molecule has 0 unspecified atom stereocenters. The van der Waals surface area contributed by atoms with Crippen LogP contribution in [0.5, 0.6) is 11.5 Å². The lowest BCUT2D eigenvalue weighted by molar-refractivity contribution is -0.143. The van der Waals surface area contributed by atoms with Gasteiger partial charge in [-0.25, -0.2) is 0 Å². The van der Waals surface area contributed by atoms with Crippen molar-refractivity contribution < 1.29 is 19.1 Å². The molecule has 6 heteroatoms. The largest absolute Gasteiger partial charge is 0.483 e. The molecule has 1 aromatic carbocycles. The van der Waals surface area contributed by atoms with Gasteiger partial charge in [0.15, 0.2) is 18.1 Å². The summed E-state index contributed by atoms with van der Waals surface area (Å²) in [6, 6.07) is 5.77. The molecule has 6 nitrogen and oxygen atoms in total. The molecule has 1 heterocycles. The van der Waals surface area contributed by atoms with Crippen LogP contribution in [0.1, 0.15) is 65.4 Å². The maximum absolute atomic E-state index is 13.2. The second kappa shape index (κ2) is 8.64. The van der Waals surface area contributed by atoms with Gasteiger partial charge in [-0.1, -0.05) is 31.4 Å². The summed E-state index contributed by atoms with van der Waals surface area (Å²) in [5.74, 6) is 1.07. The van der Waals surface area contributed by atoms with E-state index in [0.29, 0.717) is 31.7 Å². The van der Waals surface area contributed by atoms with E-state index in [1.807, 2.05) is 50.8 Å². The highest BCUT2D eigenvalue weighted by Crippen LogP contribution is 2.41. The molecule has 2 amide bonds. The van der Waals surface area contributed by atoms with Gasteiger partial charge in [-0.15, -0.1) is 0 Å². The molecular weight excluding hydrogens is 368 g/mol. The van der Waals surface area contributed by atoms with Gasteiger partial charge in [0.1, 0.15) is 11.1 Å². The summed E-state index contributed by atoms with van der Waals surface area (Å²) < 4.78 is 11.8. The summed E-state index contributed by atoms with van der Waals surface area (Å²) in [5, 5.41) is 3.04.